The lowest BCUT2D eigenvalue weighted by Crippen LogP contribution is -2.07. The largest absolute Gasteiger partial charge is 0.494 e. The summed E-state index contributed by atoms with van der Waals surface area (Å²) in [6, 6.07) is 13.3. The van der Waals surface area contributed by atoms with Gasteiger partial charge in [0.15, 0.2) is 5.78 Å². The second kappa shape index (κ2) is 7.76. The monoisotopic (exact) mass is 413 g/mol. The van der Waals surface area contributed by atoms with E-state index in [0.717, 1.165) is 27.9 Å². The highest BCUT2D eigenvalue weighted by Gasteiger charge is 2.27. The molecule has 0 spiro atoms. The number of carbonyl (C=O) groups is 2. The number of aryl methyl sites for hydroxylation is 2. The molecule has 4 rings (SSSR count). The van der Waals surface area contributed by atoms with E-state index in [1.807, 2.05) is 56.3 Å². The molecule has 0 amide bonds. The lowest BCUT2D eigenvalue weighted by Gasteiger charge is -2.13. The van der Waals surface area contributed by atoms with Crippen molar-refractivity contribution in [2.45, 2.75) is 20.8 Å². The van der Waals surface area contributed by atoms with Crippen LogP contribution in [0.1, 0.15) is 43.9 Å². The first-order chi connectivity index (χ1) is 14.8. The number of benzene rings is 2. The average molecular weight is 413 g/mol. The van der Waals surface area contributed by atoms with Gasteiger partial charge in [0.05, 0.1) is 18.2 Å². The van der Waals surface area contributed by atoms with Gasteiger partial charge in [0, 0.05) is 17.0 Å². The van der Waals surface area contributed by atoms with Gasteiger partial charge < -0.3 is 9.84 Å². The van der Waals surface area contributed by atoms with Crippen molar-refractivity contribution < 1.29 is 19.4 Å². The van der Waals surface area contributed by atoms with Gasteiger partial charge in [-0.2, -0.15) is 0 Å². The van der Waals surface area contributed by atoms with Gasteiger partial charge >= 0.3 is 5.97 Å². The zero-order valence-electron chi connectivity index (χ0n) is 17.9. The molecule has 0 unspecified atom stereocenters. The van der Waals surface area contributed by atoms with Crippen LogP contribution >= 0.6 is 0 Å². The number of esters is 1. The third-order valence-corrected chi connectivity index (χ3v) is 5.78. The number of hydrogen-bond acceptors (Lipinski definition) is 4. The number of hydrogen-bond donors (Lipinski definition) is 1. The Morgan fingerprint density at radius 2 is 1.77 bits per heavy atom. The summed E-state index contributed by atoms with van der Waals surface area (Å²) >= 11 is 0. The van der Waals surface area contributed by atoms with Gasteiger partial charge in [-0.25, -0.2) is 4.79 Å². The van der Waals surface area contributed by atoms with Gasteiger partial charge in [0.25, 0.3) is 0 Å². The Kier molecular flexibility index (Phi) is 5.11. The fraction of sp³-hybridized carbons (Fsp3) is 0.154. The number of carbonyl (C=O) groups excluding carboxylic acids is 2. The topological polar surface area (TPSA) is 68.5 Å². The maximum Gasteiger partial charge on any atom is 0.340 e. The molecule has 1 N–H and O–H groups in total. The van der Waals surface area contributed by atoms with Crippen molar-refractivity contribution in [2.75, 3.05) is 7.11 Å². The Bertz CT molecular complexity index is 1290. The van der Waals surface area contributed by atoms with Crippen LogP contribution in [-0.2, 0) is 9.53 Å². The summed E-state index contributed by atoms with van der Waals surface area (Å²) in [6.07, 6.45) is 4.84. The number of ether oxygens (including phenoxy) is 1. The Morgan fingerprint density at radius 3 is 2.48 bits per heavy atom. The normalized spacial score (nSPS) is 14.1. The van der Waals surface area contributed by atoms with Crippen LogP contribution in [-0.4, -0.2) is 28.5 Å². The summed E-state index contributed by atoms with van der Waals surface area (Å²) in [5.74, 6) is -0.881. The van der Waals surface area contributed by atoms with E-state index in [4.69, 9.17) is 4.74 Å². The molecule has 3 aromatic rings. The third-order valence-electron chi connectivity index (χ3n) is 5.78. The molecule has 156 valence electrons. The van der Waals surface area contributed by atoms with E-state index in [1.54, 1.807) is 23.6 Å². The molecule has 1 aliphatic carbocycles. The first-order valence-electron chi connectivity index (χ1n) is 9.97. The molecule has 2 aromatic carbocycles. The van der Waals surface area contributed by atoms with Crippen molar-refractivity contribution in [1.82, 2.24) is 4.57 Å². The van der Waals surface area contributed by atoms with Crippen molar-refractivity contribution in [3.8, 4) is 11.6 Å². The average Bonchev–Trinajstić information content (AvgIpc) is 3.01. The van der Waals surface area contributed by atoms with Crippen LogP contribution in [0.4, 0.5) is 0 Å². The number of nitrogens with zero attached hydrogens (tertiary/aromatic N) is 1. The van der Waals surface area contributed by atoms with E-state index in [2.05, 4.69) is 0 Å². The molecule has 0 fully saturated rings. The van der Waals surface area contributed by atoms with E-state index >= 15 is 0 Å². The highest BCUT2D eigenvalue weighted by Crippen LogP contribution is 2.37. The summed E-state index contributed by atoms with van der Waals surface area (Å²) in [6.45, 7) is 5.75. The van der Waals surface area contributed by atoms with Crippen molar-refractivity contribution in [3.05, 3.63) is 87.6 Å². The van der Waals surface area contributed by atoms with Gasteiger partial charge in [-0.1, -0.05) is 36.4 Å². The molecule has 0 aliphatic heterocycles. The summed E-state index contributed by atoms with van der Waals surface area (Å²) < 4.78 is 6.61. The minimum Gasteiger partial charge on any atom is -0.494 e. The summed E-state index contributed by atoms with van der Waals surface area (Å²) in [7, 11) is 1.30. The van der Waals surface area contributed by atoms with Gasteiger partial charge in [-0.3, -0.25) is 9.36 Å². The second-order valence-corrected chi connectivity index (χ2v) is 7.64. The molecule has 0 atom stereocenters. The number of aromatic hydroxyl groups is 1. The van der Waals surface area contributed by atoms with Crippen LogP contribution in [0.2, 0.25) is 0 Å². The fourth-order valence-electron chi connectivity index (χ4n) is 3.94. The summed E-state index contributed by atoms with van der Waals surface area (Å²) in [5.41, 5.74) is 6.00. The lowest BCUT2D eigenvalue weighted by molar-refractivity contribution is -0.109. The van der Waals surface area contributed by atoms with Crippen LogP contribution in [0.5, 0.6) is 5.88 Å². The van der Waals surface area contributed by atoms with Crippen molar-refractivity contribution >= 4 is 29.5 Å². The van der Waals surface area contributed by atoms with Gasteiger partial charge in [0.1, 0.15) is 0 Å². The van der Waals surface area contributed by atoms with E-state index in [1.165, 1.54) is 13.2 Å². The molecule has 0 saturated carbocycles. The van der Waals surface area contributed by atoms with Gasteiger partial charge in [-0.15, -0.1) is 0 Å². The van der Waals surface area contributed by atoms with E-state index in [-0.39, 0.29) is 22.8 Å². The molecule has 0 bridgehead atoms. The maximum atomic E-state index is 12.7. The van der Waals surface area contributed by atoms with Gasteiger partial charge in [-0.05, 0) is 67.3 Å². The highest BCUT2D eigenvalue weighted by atomic mass is 16.5. The third kappa shape index (κ3) is 3.38. The van der Waals surface area contributed by atoms with Crippen molar-refractivity contribution in [3.63, 3.8) is 0 Å². The molecule has 5 nitrogen and oxygen atoms in total. The Balaban J connectivity index is 1.99. The van der Waals surface area contributed by atoms with E-state index < -0.39 is 5.97 Å². The summed E-state index contributed by atoms with van der Waals surface area (Å²) in [5, 5.41) is 11.2. The highest BCUT2D eigenvalue weighted by molar-refractivity contribution is 6.33. The number of methoxy groups -OCH3 is 1. The molecule has 5 heteroatoms. The molecular weight excluding hydrogens is 390 g/mol. The predicted octanol–water partition coefficient (Wildman–Crippen LogP) is 5.03. The van der Waals surface area contributed by atoms with Crippen LogP contribution in [0, 0.1) is 20.8 Å². The number of aromatic nitrogens is 1. The van der Waals surface area contributed by atoms with Crippen LogP contribution < -0.4 is 0 Å². The zero-order chi connectivity index (χ0) is 22.3. The van der Waals surface area contributed by atoms with Crippen molar-refractivity contribution in [2.24, 2.45) is 0 Å². The SMILES string of the molecule is COC(=O)c1c(C=C2C(=O)C=Cc3ccccc32)c(O)n(-c2ccc(C)c(C)c2)c1C. The van der Waals surface area contributed by atoms with Gasteiger partial charge in [0.2, 0.25) is 5.88 Å². The lowest BCUT2D eigenvalue weighted by atomic mass is 9.90. The van der Waals surface area contributed by atoms with Crippen molar-refractivity contribution in [1.29, 1.82) is 0 Å². The van der Waals surface area contributed by atoms with Crippen LogP contribution in [0.3, 0.4) is 0 Å². The minimum atomic E-state index is -0.575. The number of ketones is 1. The van der Waals surface area contributed by atoms with E-state index in [0.29, 0.717) is 11.3 Å². The first kappa shape index (κ1) is 20.4. The molecule has 1 aromatic heterocycles. The summed E-state index contributed by atoms with van der Waals surface area (Å²) in [4.78, 5) is 25.4. The Morgan fingerprint density at radius 1 is 1.03 bits per heavy atom. The van der Waals surface area contributed by atoms with Crippen LogP contribution in [0.25, 0.3) is 23.4 Å². The number of allylic oxidation sites excluding steroid dienone is 2. The second-order valence-electron chi connectivity index (χ2n) is 7.64. The molecular formula is C26H23NO4. The number of fused-ring (bicyclic) bond motifs is 1. The molecule has 1 heterocycles. The fourth-order valence-corrected chi connectivity index (χ4v) is 3.94. The van der Waals surface area contributed by atoms with E-state index in [9.17, 15) is 14.7 Å². The maximum absolute atomic E-state index is 12.7. The molecule has 0 saturated heterocycles. The Labute approximate surface area is 180 Å². The molecule has 1 aliphatic rings. The first-order valence-corrected chi connectivity index (χ1v) is 9.97. The predicted molar refractivity (Wildman–Crippen MR) is 121 cm³/mol. The Hall–Kier alpha value is -3.86. The number of rotatable bonds is 3. The smallest absolute Gasteiger partial charge is 0.340 e. The molecule has 31 heavy (non-hydrogen) atoms. The quantitative estimate of drug-likeness (QED) is 0.483. The zero-order valence-corrected chi connectivity index (χ0v) is 17.9. The van der Waals surface area contributed by atoms with Crippen LogP contribution in [0.15, 0.2) is 48.5 Å². The standard InChI is InChI=1S/C26H23NO4/c1-15-9-11-19(13-16(15)2)27-17(3)24(26(30)31-4)22(25(27)29)14-21-20-8-6-5-7-18(20)10-12-23(21)28/h5-14,29H,1-4H3. The molecule has 0 radical (unpaired) electrons. The minimum absolute atomic E-state index is 0.117.